The first kappa shape index (κ1) is 86.6. The molecule has 32 N–H and O–H groups in total. The first-order valence-corrected chi connectivity index (χ1v) is 30.3. The normalized spacial score (nSPS) is 17.4. The number of rotatable bonds is 44. The molecule has 0 aliphatic rings. The van der Waals surface area contributed by atoms with Gasteiger partial charge in [0.15, 0.2) is 11.2 Å². The molecule has 20 atom stereocenters. The molecule has 0 fully saturated rings. The summed E-state index contributed by atoms with van der Waals surface area (Å²) in [6.45, 7) is -5.73. The van der Waals surface area contributed by atoms with Crippen molar-refractivity contribution >= 4 is 107 Å². The highest BCUT2D eigenvalue weighted by atomic mass is 32.1. The van der Waals surface area contributed by atoms with Crippen molar-refractivity contribution in [3.8, 4) is 0 Å². The van der Waals surface area contributed by atoms with Gasteiger partial charge in [0.25, 0.3) is 11.5 Å². The van der Waals surface area contributed by atoms with Crippen LogP contribution in [0.2, 0.25) is 0 Å². The van der Waals surface area contributed by atoms with E-state index in [-0.39, 0.29) is 34.9 Å². The molecular weight excluding hydrogens is 1400 g/mol. The minimum Gasteiger partial charge on any atom is -0.481 e. The van der Waals surface area contributed by atoms with Gasteiger partial charge in [-0.3, -0.25) is 57.7 Å². The molecule has 48 heteroatoms. The molecular formula is C54H78N14O33S. The second-order valence-electron chi connectivity index (χ2n) is 22.1. The summed E-state index contributed by atoms with van der Waals surface area (Å²) < 4.78 is 0. The summed E-state index contributed by atoms with van der Waals surface area (Å²) in [6.07, 6.45) is -36.4. The zero-order valence-corrected chi connectivity index (χ0v) is 53.5. The van der Waals surface area contributed by atoms with Crippen molar-refractivity contribution in [2.45, 2.75) is 154 Å². The lowest BCUT2D eigenvalue weighted by Crippen LogP contribution is -2.67. The number of hydrogen-bond acceptors (Lipinski definition) is 35. The van der Waals surface area contributed by atoms with E-state index in [2.05, 4.69) is 43.2 Å². The summed E-state index contributed by atoms with van der Waals surface area (Å²) >= 11 is 3.73. The highest BCUT2D eigenvalue weighted by Crippen LogP contribution is 2.17. The monoisotopic (exact) mass is 1480 g/mol. The lowest BCUT2D eigenvalue weighted by atomic mass is 9.96. The number of carboxylic acids is 4. The highest BCUT2D eigenvalue weighted by Gasteiger charge is 2.46. The molecule has 0 radical (unpaired) electrons. The highest BCUT2D eigenvalue weighted by molar-refractivity contribution is 7.80. The summed E-state index contributed by atoms with van der Waals surface area (Å²) in [7, 11) is 0. The van der Waals surface area contributed by atoms with Gasteiger partial charge in [-0.25, -0.2) is 19.6 Å². The van der Waals surface area contributed by atoms with E-state index in [0.717, 1.165) is 0 Å². The van der Waals surface area contributed by atoms with E-state index in [1.165, 1.54) is 30.5 Å². The molecule has 102 heavy (non-hydrogen) atoms. The molecule has 568 valence electrons. The summed E-state index contributed by atoms with van der Waals surface area (Å²) in [4.78, 5) is 186. The number of nitrogens with one attached hydrogen (secondary N) is 10. The van der Waals surface area contributed by atoms with Gasteiger partial charge in [0.2, 0.25) is 47.3 Å². The maximum absolute atomic E-state index is 14.4. The topological polar surface area (TPSA) is 815 Å². The van der Waals surface area contributed by atoms with E-state index in [9.17, 15) is 164 Å². The molecule has 6 unspecified atom stereocenters. The van der Waals surface area contributed by atoms with Gasteiger partial charge < -0.3 is 156 Å². The standard InChI is InChI=1S/C54H78N14O33S/c55-54-67-43-34(51(97)68-54)58-18(10-57-43)9-56-17-3-1-16(2-4-17)44(90)59-19(52(98)99)5-6-27(77)63-30(39(86)35(82)23(73)11-69)47(93)60-20(7-28(78)79)46(92)65-33(42(89)38(85)26(76)14-72)50(96)66-32(41(88)37(84)25(75)13-71)48(94)61-21(8-29(80)81)45(91)64-31(40(87)36(83)24(74)12-70)49(95)62-22(15-102)53(100)101/h1-4,10,19-26,30-33,35-42,56,69-76,82-89,102H,5-9,11-15H2,(H,59,90)(H,60,93)(H,61,94)(H,62,95)(H,63,77)(H,64,91)(H,65,92)(H,66,96)(H,78,79)(H,80,81)(H,98,99)(H,100,101)(H3,55,57,67,68,97)/t19-,20-,21-,22-,23+,24+,25+,26+,30?,31?,32?,33?,35+,36+,37+,38+,39+,40?,41?,42+/m0/s1. The Bertz CT molecular complexity index is 3470. The van der Waals surface area contributed by atoms with Gasteiger partial charge in [-0.1, -0.05) is 0 Å². The summed E-state index contributed by atoms with van der Waals surface area (Å²) in [5, 5.41) is 222. The van der Waals surface area contributed by atoms with Crippen molar-refractivity contribution in [3.05, 3.63) is 52.1 Å². The van der Waals surface area contributed by atoms with Crippen LogP contribution in [-0.2, 0) is 59.3 Å². The van der Waals surface area contributed by atoms with E-state index in [1.807, 2.05) is 5.32 Å². The molecule has 0 aliphatic heterocycles. The predicted octanol–water partition coefficient (Wildman–Crippen LogP) is -16.5. The van der Waals surface area contributed by atoms with Crippen LogP contribution in [0.15, 0.2) is 35.3 Å². The average molecular weight is 1480 g/mol. The van der Waals surface area contributed by atoms with Crippen LogP contribution in [0.4, 0.5) is 11.6 Å². The number of carbonyl (C=O) groups excluding carboxylic acids is 8. The van der Waals surface area contributed by atoms with Crippen LogP contribution < -0.4 is 59.1 Å². The van der Waals surface area contributed by atoms with E-state index in [0.29, 0.717) is 5.69 Å². The van der Waals surface area contributed by atoms with E-state index >= 15 is 0 Å². The third-order valence-corrected chi connectivity index (χ3v) is 15.0. The maximum Gasteiger partial charge on any atom is 0.327 e. The minimum atomic E-state index is -3.09. The van der Waals surface area contributed by atoms with Crippen molar-refractivity contribution in [1.29, 1.82) is 0 Å². The Morgan fingerprint density at radius 1 is 0.471 bits per heavy atom. The lowest BCUT2D eigenvalue weighted by Gasteiger charge is -2.34. The van der Waals surface area contributed by atoms with Gasteiger partial charge in [-0.2, -0.15) is 17.6 Å². The van der Waals surface area contributed by atoms with Crippen molar-refractivity contribution in [1.82, 2.24) is 62.5 Å². The Balaban J connectivity index is 2.00. The van der Waals surface area contributed by atoms with Gasteiger partial charge in [0, 0.05) is 23.4 Å². The number of aliphatic hydroxyl groups is 16. The Morgan fingerprint density at radius 3 is 1.22 bits per heavy atom. The minimum absolute atomic E-state index is 0.00913. The molecule has 3 aromatic rings. The number of nitrogen functional groups attached to an aromatic ring is 1. The zero-order valence-electron chi connectivity index (χ0n) is 52.6. The second-order valence-corrected chi connectivity index (χ2v) is 22.5. The van der Waals surface area contributed by atoms with Crippen molar-refractivity contribution in [3.63, 3.8) is 0 Å². The number of benzene rings is 1. The van der Waals surface area contributed by atoms with Gasteiger partial charge in [0.1, 0.15) is 122 Å². The molecule has 0 spiro atoms. The Hall–Kier alpha value is -9.61. The third kappa shape index (κ3) is 25.2. The number of anilines is 2. The van der Waals surface area contributed by atoms with Crippen molar-refractivity contribution < 1.29 is 160 Å². The average Bonchev–Trinajstić information content (AvgIpc) is 0.822. The molecule has 2 heterocycles. The summed E-state index contributed by atoms with van der Waals surface area (Å²) in [5.74, 6) is -23.0. The summed E-state index contributed by atoms with van der Waals surface area (Å²) in [5.41, 5.74) is 5.23. The quantitative estimate of drug-likeness (QED) is 0.0234. The zero-order chi connectivity index (χ0) is 77.3. The number of aliphatic hydroxyl groups excluding tert-OH is 16. The van der Waals surface area contributed by atoms with Crippen LogP contribution in [0, 0.1) is 0 Å². The van der Waals surface area contributed by atoms with Crippen molar-refractivity contribution in [2.24, 2.45) is 0 Å². The first-order chi connectivity index (χ1) is 47.8. The number of aromatic nitrogens is 4. The van der Waals surface area contributed by atoms with Gasteiger partial charge in [0.05, 0.1) is 57.7 Å². The Labute approximate surface area is 576 Å². The number of amides is 8. The van der Waals surface area contributed by atoms with E-state index < -0.39 is 256 Å². The fourth-order valence-corrected chi connectivity index (χ4v) is 9.10. The lowest BCUT2D eigenvalue weighted by molar-refractivity contribution is -0.149. The van der Waals surface area contributed by atoms with Gasteiger partial charge in [-0.15, -0.1) is 0 Å². The predicted molar refractivity (Wildman–Crippen MR) is 334 cm³/mol. The molecule has 0 saturated heterocycles. The summed E-state index contributed by atoms with van der Waals surface area (Å²) in [6, 6.07) is -15.7. The number of aliphatic carboxylic acids is 4. The smallest absolute Gasteiger partial charge is 0.327 e. The largest absolute Gasteiger partial charge is 0.481 e. The number of fused-ring (bicyclic) bond motifs is 1. The molecule has 8 amide bonds. The van der Waals surface area contributed by atoms with Crippen LogP contribution in [0.1, 0.15) is 41.7 Å². The second kappa shape index (κ2) is 40.7. The third-order valence-electron chi connectivity index (χ3n) is 14.6. The SMILES string of the molecule is Nc1nc2ncc(CNc3ccc(C(=O)N[C@@H](CCC(=O)NC(C(=O)N[C@@H](CC(=O)O)C(=O)NC(C(=O)NC(C(=O)N[C@@H](CC(=O)O)C(=O)NC(C(=O)N[C@@H](CS)C(=O)O)C(O)[C@H](O)[C@H](O)CO)C(O)[C@H](O)[C@H](O)CO)[C@@H](O)[C@H](O)[C@H](O)CO)[C@@H](O)[C@H](O)[C@H](O)CO)C(=O)O)cc3)nc2c(=O)[nH]1. The number of nitrogens with two attached hydrogens (primary N) is 1. The van der Waals surface area contributed by atoms with Gasteiger partial charge >= 0.3 is 23.9 Å². The Kier molecular flexibility index (Phi) is 34.6. The number of thiol groups is 1. The molecule has 1 aromatic carbocycles. The number of nitrogens with zero attached hydrogens (tertiary/aromatic N) is 3. The fraction of sp³-hybridized carbons (Fsp3) is 0.556. The van der Waals surface area contributed by atoms with Crippen molar-refractivity contribution in [2.75, 3.05) is 43.2 Å². The Morgan fingerprint density at radius 2 is 0.843 bits per heavy atom. The van der Waals surface area contributed by atoms with Gasteiger partial charge in [-0.05, 0) is 30.7 Å². The van der Waals surface area contributed by atoms with Crippen LogP contribution in [0.3, 0.4) is 0 Å². The fourth-order valence-electron chi connectivity index (χ4n) is 8.85. The van der Waals surface area contributed by atoms with Crippen LogP contribution in [-0.4, -0.2) is 347 Å². The number of H-pyrrole nitrogens is 1. The molecule has 47 nitrogen and oxygen atoms in total. The van der Waals surface area contributed by atoms with Crippen LogP contribution in [0.25, 0.3) is 11.2 Å². The molecule has 0 aliphatic carbocycles. The van der Waals surface area contributed by atoms with E-state index in [1.54, 1.807) is 31.9 Å². The molecule has 0 saturated carbocycles. The van der Waals surface area contributed by atoms with Crippen LogP contribution >= 0.6 is 12.6 Å². The van der Waals surface area contributed by atoms with Crippen LogP contribution in [0.5, 0.6) is 0 Å². The number of aromatic amines is 1. The first-order valence-electron chi connectivity index (χ1n) is 29.7. The molecule has 3 rings (SSSR count). The number of carboxylic acid groups (broad SMARTS) is 4. The maximum atomic E-state index is 14.4. The number of hydrogen-bond donors (Lipinski definition) is 32. The molecule has 0 bridgehead atoms. The van der Waals surface area contributed by atoms with E-state index in [4.69, 9.17) is 5.73 Å². The number of carbonyl (C=O) groups is 12. The molecule has 2 aromatic heterocycles.